The lowest BCUT2D eigenvalue weighted by molar-refractivity contribution is 0.0620. The number of hydrogen-bond donors (Lipinski definition) is 1. The van der Waals surface area contributed by atoms with Crippen LogP contribution in [0.25, 0.3) is 0 Å². The fourth-order valence-electron chi connectivity index (χ4n) is 3.39. The van der Waals surface area contributed by atoms with Crippen molar-refractivity contribution in [1.82, 2.24) is 15.2 Å². The summed E-state index contributed by atoms with van der Waals surface area (Å²) in [6.07, 6.45) is 3.84. The van der Waals surface area contributed by atoms with E-state index in [2.05, 4.69) is 15.2 Å². The fraction of sp³-hybridized carbons (Fsp3) is 0.412. The molecule has 0 unspecified atom stereocenters. The van der Waals surface area contributed by atoms with Crippen LogP contribution in [0.2, 0.25) is 0 Å². The predicted molar refractivity (Wildman–Crippen MR) is 89.0 cm³/mol. The molecule has 3 aliphatic rings. The second kappa shape index (κ2) is 6.49. The molecule has 7 heteroatoms. The molecule has 1 atom stereocenters. The Bertz CT molecular complexity index is 726. The molecule has 0 saturated carbocycles. The van der Waals surface area contributed by atoms with Crippen LogP contribution in [0.15, 0.2) is 30.5 Å². The van der Waals surface area contributed by atoms with Crippen molar-refractivity contribution in [2.75, 3.05) is 19.6 Å². The fourth-order valence-corrected chi connectivity index (χ4v) is 4.08. The number of carbonyl (C=O) groups is 1. The summed E-state index contributed by atoms with van der Waals surface area (Å²) in [4.78, 5) is 19.0. The summed E-state index contributed by atoms with van der Waals surface area (Å²) < 4.78 is 18.5. The highest BCUT2D eigenvalue weighted by molar-refractivity contribution is 7.15. The van der Waals surface area contributed by atoms with Crippen molar-refractivity contribution in [2.24, 2.45) is 5.92 Å². The first-order valence-electron chi connectivity index (χ1n) is 8.10. The van der Waals surface area contributed by atoms with Gasteiger partial charge in [0.15, 0.2) is 5.01 Å². The summed E-state index contributed by atoms with van der Waals surface area (Å²) in [7, 11) is 0. The van der Waals surface area contributed by atoms with Gasteiger partial charge in [-0.15, -0.1) is 0 Å². The molecule has 0 spiro atoms. The van der Waals surface area contributed by atoms with Crippen LogP contribution in [0.1, 0.15) is 22.6 Å². The summed E-state index contributed by atoms with van der Waals surface area (Å²) >= 11 is 1.20. The van der Waals surface area contributed by atoms with Gasteiger partial charge in [0.05, 0.1) is 6.20 Å². The predicted octanol–water partition coefficient (Wildman–Crippen LogP) is 2.90. The molecule has 1 amide bonds. The maximum atomic E-state index is 12.9. The summed E-state index contributed by atoms with van der Waals surface area (Å²) in [6, 6.07) is 5.96. The number of nitrogens with zero attached hydrogens (tertiary/aromatic N) is 2. The number of nitrogens with one attached hydrogen (secondary N) is 1. The second-order valence-electron chi connectivity index (χ2n) is 6.26. The smallest absolute Gasteiger partial charge is 0.280 e. The van der Waals surface area contributed by atoms with E-state index in [0.29, 0.717) is 21.7 Å². The van der Waals surface area contributed by atoms with Crippen molar-refractivity contribution < 1.29 is 13.9 Å². The summed E-state index contributed by atoms with van der Waals surface area (Å²) in [5.41, 5.74) is 0. The van der Waals surface area contributed by atoms with E-state index in [-0.39, 0.29) is 17.8 Å². The molecule has 24 heavy (non-hydrogen) atoms. The molecule has 2 aromatic rings. The van der Waals surface area contributed by atoms with Crippen LogP contribution >= 0.6 is 11.3 Å². The third-order valence-corrected chi connectivity index (χ3v) is 5.56. The van der Waals surface area contributed by atoms with Gasteiger partial charge in [0.2, 0.25) is 5.06 Å². The Hall–Kier alpha value is -1.99. The highest BCUT2D eigenvalue weighted by atomic mass is 32.1. The Morgan fingerprint density at radius 3 is 2.71 bits per heavy atom. The van der Waals surface area contributed by atoms with Crippen molar-refractivity contribution in [3.05, 3.63) is 41.3 Å². The third kappa shape index (κ3) is 3.27. The molecule has 3 saturated heterocycles. The number of rotatable bonds is 4. The largest absolute Gasteiger partial charge is 0.445 e. The van der Waals surface area contributed by atoms with Gasteiger partial charge in [0, 0.05) is 12.6 Å². The number of carbonyl (C=O) groups excluding carboxylic acids is 1. The standard InChI is InChI=1S/C17H18FN3O2S/c18-12-1-3-13(4-2-12)23-15-9-19-17(24-15)16(22)20-14-10-21-7-5-11(14)6-8-21/h1-4,9,11,14H,5-8,10H2,(H,20,22)/t14-/m0/s1. The number of aromatic nitrogens is 1. The molecule has 126 valence electrons. The van der Waals surface area contributed by atoms with Crippen molar-refractivity contribution in [3.63, 3.8) is 0 Å². The van der Waals surface area contributed by atoms with E-state index >= 15 is 0 Å². The first kappa shape index (κ1) is 15.5. The number of benzene rings is 1. The third-order valence-electron chi connectivity index (χ3n) is 4.68. The van der Waals surface area contributed by atoms with Gasteiger partial charge in [-0.2, -0.15) is 0 Å². The summed E-state index contributed by atoms with van der Waals surface area (Å²) in [5, 5.41) is 4.02. The number of hydrogen-bond acceptors (Lipinski definition) is 5. The maximum Gasteiger partial charge on any atom is 0.280 e. The highest BCUT2D eigenvalue weighted by Gasteiger charge is 2.35. The molecule has 5 rings (SSSR count). The van der Waals surface area contributed by atoms with E-state index in [0.717, 1.165) is 32.5 Å². The van der Waals surface area contributed by atoms with Crippen molar-refractivity contribution in [3.8, 4) is 10.8 Å². The number of ether oxygens (including phenoxy) is 1. The molecule has 5 nitrogen and oxygen atoms in total. The minimum atomic E-state index is -0.316. The van der Waals surface area contributed by atoms with Crippen LogP contribution in [0.3, 0.4) is 0 Å². The topological polar surface area (TPSA) is 54.5 Å². The van der Waals surface area contributed by atoms with Crippen molar-refractivity contribution in [1.29, 1.82) is 0 Å². The Balaban J connectivity index is 1.39. The normalized spacial score (nSPS) is 25.5. The number of piperidine rings is 3. The van der Waals surface area contributed by atoms with Gasteiger partial charge in [-0.3, -0.25) is 4.79 Å². The zero-order chi connectivity index (χ0) is 16.5. The molecule has 1 N–H and O–H groups in total. The molecule has 3 fully saturated rings. The van der Waals surface area contributed by atoms with E-state index in [1.54, 1.807) is 12.1 Å². The zero-order valence-corrected chi connectivity index (χ0v) is 13.9. The van der Waals surface area contributed by atoms with Crippen molar-refractivity contribution in [2.45, 2.75) is 18.9 Å². The van der Waals surface area contributed by atoms with Gasteiger partial charge >= 0.3 is 0 Å². The van der Waals surface area contributed by atoms with Crippen molar-refractivity contribution >= 4 is 17.2 Å². The molecule has 0 aliphatic carbocycles. The number of halogens is 1. The second-order valence-corrected chi connectivity index (χ2v) is 7.25. The quantitative estimate of drug-likeness (QED) is 0.924. The van der Waals surface area contributed by atoms with E-state index in [1.807, 2.05) is 0 Å². The molecular formula is C17H18FN3O2S. The molecule has 1 aromatic carbocycles. The minimum absolute atomic E-state index is 0.146. The van der Waals surface area contributed by atoms with Gasteiger partial charge in [-0.05, 0) is 56.1 Å². The minimum Gasteiger partial charge on any atom is -0.445 e. The monoisotopic (exact) mass is 347 g/mol. The Kier molecular flexibility index (Phi) is 4.20. The molecule has 0 radical (unpaired) electrons. The van der Waals surface area contributed by atoms with Gasteiger partial charge < -0.3 is 15.0 Å². The zero-order valence-electron chi connectivity index (χ0n) is 13.1. The molecule has 1 aromatic heterocycles. The summed E-state index contributed by atoms with van der Waals surface area (Å²) in [6.45, 7) is 3.22. The van der Waals surface area contributed by atoms with Gasteiger partial charge in [0.1, 0.15) is 11.6 Å². The number of amides is 1. The van der Waals surface area contributed by atoms with E-state index in [9.17, 15) is 9.18 Å². The van der Waals surface area contributed by atoms with E-state index < -0.39 is 0 Å². The van der Waals surface area contributed by atoms with Crippen LogP contribution in [-0.2, 0) is 0 Å². The number of fused-ring (bicyclic) bond motifs is 3. The molecule has 3 aliphatic heterocycles. The molecular weight excluding hydrogens is 329 g/mol. The van der Waals surface area contributed by atoms with Crippen LogP contribution in [0, 0.1) is 11.7 Å². The van der Waals surface area contributed by atoms with E-state index in [4.69, 9.17) is 4.74 Å². The lowest BCUT2D eigenvalue weighted by atomic mass is 9.84. The number of thiazole rings is 1. The van der Waals surface area contributed by atoms with Crippen LogP contribution in [0.5, 0.6) is 10.8 Å². The van der Waals surface area contributed by atoms with Gasteiger partial charge in [-0.25, -0.2) is 9.37 Å². The lowest BCUT2D eigenvalue weighted by Gasteiger charge is -2.44. The van der Waals surface area contributed by atoms with Gasteiger partial charge in [0.25, 0.3) is 5.91 Å². The SMILES string of the molecule is O=C(N[C@H]1CN2CCC1CC2)c1ncc(Oc2ccc(F)cc2)s1. The van der Waals surface area contributed by atoms with Crippen LogP contribution in [0.4, 0.5) is 4.39 Å². The van der Waals surface area contributed by atoms with E-state index in [1.165, 1.54) is 29.7 Å². The lowest BCUT2D eigenvalue weighted by Crippen LogP contribution is -2.57. The summed E-state index contributed by atoms with van der Waals surface area (Å²) in [5.74, 6) is 0.634. The Morgan fingerprint density at radius 2 is 2.04 bits per heavy atom. The first-order chi connectivity index (χ1) is 11.7. The molecule has 2 bridgehead atoms. The van der Waals surface area contributed by atoms with Crippen LogP contribution < -0.4 is 10.1 Å². The average molecular weight is 347 g/mol. The van der Waals surface area contributed by atoms with Crippen LogP contribution in [-0.4, -0.2) is 41.5 Å². The molecule has 4 heterocycles. The Morgan fingerprint density at radius 1 is 1.29 bits per heavy atom. The highest BCUT2D eigenvalue weighted by Crippen LogP contribution is 2.30. The Labute approximate surface area is 143 Å². The maximum absolute atomic E-state index is 12.9. The average Bonchev–Trinajstić information content (AvgIpc) is 3.07. The first-order valence-corrected chi connectivity index (χ1v) is 8.91. The van der Waals surface area contributed by atoms with Gasteiger partial charge in [-0.1, -0.05) is 11.3 Å².